The largest absolute Gasteiger partial charge is 0.469 e. The third-order valence-corrected chi connectivity index (χ3v) is 6.27. The summed E-state index contributed by atoms with van der Waals surface area (Å²) >= 11 is 0. The van der Waals surface area contributed by atoms with E-state index in [2.05, 4.69) is 10.0 Å². The highest BCUT2D eigenvalue weighted by Crippen LogP contribution is 2.30. The van der Waals surface area contributed by atoms with E-state index in [9.17, 15) is 13.2 Å². The summed E-state index contributed by atoms with van der Waals surface area (Å²) < 4.78 is 32.8. The molecule has 6 nitrogen and oxygen atoms in total. The lowest BCUT2D eigenvalue weighted by molar-refractivity contribution is -0.121. The third-order valence-electron chi connectivity index (χ3n) is 4.66. The number of rotatable bonds is 6. The minimum absolute atomic E-state index is 0.0550. The highest BCUT2D eigenvalue weighted by atomic mass is 32.2. The van der Waals surface area contributed by atoms with Gasteiger partial charge in [0.25, 0.3) is 0 Å². The lowest BCUT2D eigenvalue weighted by Gasteiger charge is -2.22. The van der Waals surface area contributed by atoms with Gasteiger partial charge in [0.2, 0.25) is 15.9 Å². The van der Waals surface area contributed by atoms with Crippen molar-refractivity contribution >= 4 is 15.9 Å². The molecule has 3 rings (SSSR count). The standard InChI is InChI=1S/C19H24N2O4S/c1-13-6-7-14(2)18(12-13)26(23,24)20-10-8-19(22)21-16-4-3-5-17-15(16)9-11-25-17/h6-7,9,11-12,16,20H,3-5,8,10H2,1-2H3,(H,21,22). The molecule has 0 bridgehead atoms. The fraction of sp³-hybridized carbons (Fsp3) is 0.421. The number of carbonyl (C=O) groups excluding carboxylic acids is 1. The first kappa shape index (κ1) is 18.7. The van der Waals surface area contributed by atoms with Crippen LogP contribution in [0.2, 0.25) is 0 Å². The van der Waals surface area contributed by atoms with Crippen LogP contribution in [0.15, 0.2) is 39.8 Å². The zero-order valence-electron chi connectivity index (χ0n) is 15.0. The second-order valence-corrected chi connectivity index (χ2v) is 8.46. The summed E-state index contributed by atoms with van der Waals surface area (Å²) in [6.45, 7) is 3.67. The molecule has 1 aliphatic rings. The number of aryl methyl sites for hydroxylation is 3. The van der Waals surface area contributed by atoms with Crippen molar-refractivity contribution in [3.05, 3.63) is 53.0 Å². The molecule has 0 aliphatic heterocycles. The fourth-order valence-corrected chi connectivity index (χ4v) is 4.64. The summed E-state index contributed by atoms with van der Waals surface area (Å²) in [4.78, 5) is 12.5. The van der Waals surface area contributed by atoms with Gasteiger partial charge in [0.05, 0.1) is 17.2 Å². The van der Waals surface area contributed by atoms with Crippen molar-refractivity contribution < 1.29 is 17.6 Å². The molecule has 1 aromatic carbocycles. The summed E-state index contributed by atoms with van der Waals surface area (Å²) in [5.74, 6) is 0.755. The van der Waals surface area contributed by atoms with Crippen LogP contribution in [0.1, 0.15) is 47.8 Å². The van der Waals surface area contributed by atoms with Crippen molar-refractivity contribution in [2.75, 3.05) is 6.54 Å². The maximum absolute atomic E-state index is 12.5. The Bertz CT molecular complexity index is 902. The van der Waals surface area contributed by atoms with Crippen LogP contribution in [0.25, 0.3) is 0 Å². The molecule has 1 aromatic heterocycles. The van der Waals surface area contributed by atoms with Crippen LogP contribution in [0, 0.1) is 13.8 Å². The van der Waals surface area contributed by atoms with Crippen LogP contribution >= 0.6 is 0 Å². The van der Waals surface area contributed by atoms with E-state index in [1.54, 1.807) is 25.3 Å². The van der Waals surface area contributed by atoms with Gasteiger partial charge < -0.3 is 9.73 Å². The maximum Gasteiger partial charge on any atom is 0.240 e. The van der Waals surface area contributed by atoms with E-state index >= 15 is 0 Å². The van der Waals surface area contributed by atoms with Gasteiger partial charge in [0.15, 0.2) is 0 Å². The molecular formula is C19H24N2O4S. The Morgan fingerprint density at radius 2 is 2.08 bits per heavy atom. The molecule has 1 amide bonds. The average molecular weight is 376 g/mol. The number of hydrogen-bond acceptors (Lipinski definition) is 4. The van der Waals surface area contributed by atoms with Gasteiger partial charge in [0.1, 0.15) is 5.76 Å². The number of nitrogens with one attached hydrogen (secondary N) is 2. The predicted molar refractivity (Wildman–Crippen MR) is 98.3 cm³/mol. The van der Waals surface area contributed by atoms with Crippen LogP contribution in [0.4, 0.5) is 0 Å². The van der Waals surface area contributed by atoms with Crippen LogP contribution in [-0.2, 0) is 21.2 Å². The molecule has 26 heavy (non-hydrogen) atoms. The van der Waals surface area contributed by atoms with Crippen LogP contribution in [0.5, 0.6) is 0 Å². The minimum Gasteiger partial charge on any atom is -0.469 e. The van der Waals surface area contributed by atoms with Crippen molar-refractivity contribution in [2.24, 2.45) is 0 Å². The third kappa shape index (κ3) is 4.16. The Morgan fingerprint density at radius 1 is 1.27 bits per heavy atom. The van der Waals surface area contributed by atoms with Crippen LogP contribution in [-0.4, -0.2) is 20.9 Å². The fourth-order valence-electron chi connectivity index (χ4n) is 3.28. The smallest absolute Gasteiger partial charge is 0.240 e. The molecule has 2 aromatic rings. The first-order valence-electron chi connectivity index (χ1n) is 8.79. The first-order valence-corrected chi connectivity index (χ1v) is 10.3. The minimum atomic E-state index is -3.63. The molecule has 7 heteroatoms. The molecule has 140 valence electrons. The molecule has 0 saturated heterocycles. The number of carbonyl (C=O) groups is 1. The lowest BCUT2D eigenvalue weighted by Crippen LogP contribution is -2.34. The average Bonchev–Trinajstić information content (AvgIpc) is 3.06. The van der Waals surface area contributed by atoms with Crippen molar-refractivity contribution in [3.8, 4) is 0 Å². The zero-order chi connectivity index (χ0) is 18.7. The summed E-state index contributed by atoms with van der Waals surface area (Å²) in [5, 5.41) is 2.97. The highest BCUT2D eigenvalue weighted by molar-refractivity contribution is 7.89. The van der Waals surface area contributed by atoms with E-state index in [1.165, 1.54) is 0 Å². The van der Waals surface area contributed by atoms with E-state index in [1.807, 2.05) is 19.1 Å². The van der Waals surface area contributed by atoms with E-state index in [0.717, 1.165) is 36.1 Å². The van der Waals surface area contributed by atoms with Gasteiger partial charge in [-0.3, -0.25) is 4.79 Å². The Balaban J connectivity index is 1.55. The maximum atomic E-state index is 12.5. The Hall–Kier alpha value is -2.12. The highest BCUT2D eigenvalue weighted by Gasteiger charge is 2.24. The van der Waals surface area contributed by atoms with Gasteiger partial charge in [-0.25, -0.2) is 13.1 Å². The number of benzene rings is 1. The molecule has 0 fully saturated rings. The van der Waals surface area contributed by atoms with Gasteiger partial charge >= 0.3 is 0 Å². The molecule has 0 saturated carbocycles. The lowest BCUT2D eigenvalue weighted by atomic mass is 9.93. The van der Waals surface area contributed by atoms with Crippen LogP contribution in [0.3, 0.4) is 0 Å². The monoisotopic (exact) mass is 376 g/mol. The predicted octanol–water partition coefficient (Wildman–Crippen LogP) is 2.76. The zero-order valence-corrected chi connectivity index (χ0v) is 15.9. The van der Waals surface area contributed by atoms with Crippen molar-refractivity contribution in [1.29, 1.82) is 0 Å². The Kier molecular flexibility index (Phi) is 5.48. The van der Waals surface area contributed by atoms with Crippen molar-refractivity contribution in [3.63, 3.8) is 0 Å². The quantitative estimate of drug-likeness (QED) is 0.811. The molecule has 1 heterocycles. The summed E-state index contributed by atoms with van der Waals surface area (Å²) in [5.41, 5.74) is 2.59. The van der Waals surface area contributed by atoms with Gasteiger partial charge in [0, 0.05) is 24.9 Å². The molecule has 2 N–H and O–H groups in total. The Labute approximate surface area is 154 Å². The van der Waals surface area contributed by atoms with Crippen molar-refractivity contribution in [1.82, 2.24) is 10.0 Å². The first-order chi connectivity index (χ1) is 12.4. The second kappa shape index (κ2) is 7.63. The van der Waals surface area contributed by atoms with Crippen molar-refractivity contribution in [2.45, 2.75) is 50.5 Å². The SMILES string of the molecule is Cc1ccc(C)c(S(=O)(=O)NCCC(=O)NC2CCCc3occc32)c1. The molecule has 1 aliphatic carbocycles. The number of amides is 1. The number of furan rings is 1. The summed E-state index contributed by atoms with van der Waals surface area (Å²) in [6.07, 6.45) is 4.46. The number of hydrogen-bond donors (Lipinski definition) is 2. The summed E-state index contributed by atoms with van der Waals surface area (Å²) in [6, 6.07) is 7.13. The normalized spacial score (nSPS) is 16.9. The van der Waals surface area contributed by atoms with E-state index < -0.39 is 10.0 Å². The molecule has 0 radical (unpaired) electrons. The number of fused-ring (bicyclic) bond motifs is 1. The van der Waals surface area contributed by atoms with Gasteiger partial charge in [-0.05, 0) is 49.9 Å². The van der Waals surface area contributed by atoms with Gasteiger partial charge in [-0.2, -0.15) is 0 Å². The molecular weight excluding hydrogens is 352 g/mol. The summed E-state index contributed by atoms with van der Waals surface area (Å²) in [7, 11) is -3.63. The van der Waals surface area contributed by atoms with Gasteiger partial charge in [-0.1, -0.05) is 12.1 Å². The molecule has 1 atom stereocenters. The van der Waals surface area contributed by atoms with E-state index in [4.69, 9.17) is 4.42 Å². The molecule has 1 unspecified atom stereocenters. The topological polar surface area (TPSA) is 88.4 Å². The van der Waals surface area contributed by atoms with Gasteiger partial charge in [-0.15, -0.1) is 0 Å². The van der Waals surface area contributed by atoms with Crippen LogP contribution < -0.4 is 10.0 Å². The van der Waals surface area contributed by atoms with E-state index in [-0.39, 0.29) is 29.8 Å². The number of sulfonamides is 1. The van der Waals surface area contributed by atoms with E-state index in [0.29, 0.717) is 5.56 Å². The Morgan fingerprint density at radius 3 is 2.88 bits per heavy atom. The molecule has 0 spiro atoms. The second-order valence-electron chi connectivity index (χ2n) is 6.73.